The van der Waals surface area contributed by atoms with Crippen LogP contribution in [0.4, 0.5) is 0 Å². The highest BCUT2D eigenvalue weighted by molar-refractivity contribution is 7.99. The van der Waals surface area contributed by atoms with Gasteiger partial charge in [0.2, 0.25) is 0 Å². The lowest BCUT2D eigenvalue weighted by atomic mass is 10.2. The topological polar surface area (TPSA) is 75.1 Å². The van der Waals surface area contributed by atoms with E-state index in [1.807, 2.05) is 11.8 Å². The van der Waals surface area contributed by atoms with Gasteiger partial charge in [-0.25, -0.2) is 4.68 Å². The lowest BCUT2D eigenvalue weighted by Gasteiger charge is -2.26. The summed E-state index contributed by atoms with van der Waals surface area (Å²) in [5.74, 6) is 2.25. The monoisotopic (exact) mass is 296 g/mol. The number of rotatable bonds is 5. The molecule has 0 unspecified atom stereocenters. The summed E-state index contributed by atoms with van der Waals surface area (Å²) < 4.78 is 1.77. The van der Waals surface area contributed by atoms with Crippen LogP contribution < -0.4 is 10.6 Å². The highest BCUT2D eigenvalue weighted by atomic mass is 32.2. The van der Waals surface area contributed by atoms with Crippen LogP contribution in [0.5, 0.6) is 0 Å². The summed E-state index contributed by atoms with van der Waals surface area (Å²) in [5.41, 5.74) is 0.408. The van der Waals surface area contributed by atoms with Gasteiger partial charge in [-0.2, -0.15) is 11.8 Å². The Bertz CT molecular complexity index is 455. The van der Waals surface area contributed by atoms with Crippen LogP contribution in [0, 0.1) is 0 Å². The van der Waals surface area contributed by atoms with E-state index >= 15 is 0 Å². The first kappa shape index (κ1) is 13.8. The Labute approximate surface area is 122 Å². The first-order valence-corrected chi connectivity index (χ1v) is 8.19. The summed E-state index contributed by atoms with van der Waals surface area (Å²) in [6.45, 7) is 5.61. The number of carbonyl (C=O) groups excluding carboxylic acids is 1. The quantitative estimate of drug-likeness (QED) is 0.741. The molecule has 0 saturated carbocycles. The maximum absolute atomic E-state index is 12.0. The molecule has 20 heavy (non-hydrogen) atoms. The molecule has 3 rings (SSSR count). The molecule has 0 spiro atoms. The second-order valence-corrected chi connectivity index (χ2v) is 6.33. The number of hydrogen-bond donors (Lipinski definition) is 2. The van der Waals surface area contributed by atoms with Crippen LogP contribution in [0.25, 0.3) is 0 Å². The van der Waals surface area contributed by atoms with Crippen LogP contribution in [0.1, 0.15) is 16.5 Å². The minimum atomic E-state index is -0.130. The molecule has 1 amide bonds. The number of hydrogen-bond acceptors (Lipinski definition) is 6. The van der Waals surface area contributed by atoms with Gasteiger partial charge in [0, 0.05) is 50.8 Å². The van der Waals surface area contributed by atoms with Gasteiger partial charge < -0.3 is 10.6 Å². The van der Waals surface area contributed by atoms with E-state index in [0.29, 0.717) is 18.3 Å². The highest BCUT2D eigenvalue weighted by Crippen LogP contribution is 2.10. The lowest BCUT2D eigenvalue weighted by Crippen LogP contribution is -2.43. The molecular formula is C12H20N6OS. The Morgan fingerprint density at radius 1 is 1.45 bits per heavy atom. The largest absolute Gasteiger partial charge is 0.349 e. The van der Waals surface area contributed by atoms with Crippen molar-refractivity contribution in [1.82, 2.24) is 30.5 Å². The molecule has 2 aliphatic heterocycles. The molecule has 0 radical (unpaired) electrons. The minimum Gasteiger partial charge on any atom is -0.349 e. The summed E-state index contributed by atoms with van der Waals surface area (Å²) >= 11 is 1.99. The predicted octanol–water partition coefficient (Wildman–Crippen LogP) is -0.799. The smallest absolute Gasteiger partial charge is 0.273 e. The zero-order chi connectivity index (χ0) is 13.8. The zero-order valence-corrected chi connectivity index (χ0v) is 12.2. The summed E-state index contributed by atoms with van der Waals surface area (Å²) in [6.07, 6.45) is 1.73. The molecule has 0 atom stereocenters. The fourth-order valence-corrected chi connectivity index (χ4v) is 3.24. The maximum Gasteiger partial charge on any atom is 0.273 e. The van der Waals surface area contributed by atoms with Gasteiger partial charge in [0.1, 0.15) is 0 Å². The standard InChI is InChI=1S/C12H20N6OS/c19-12(14-1-2-17-3-5-20-6-4-17)11-9-18(16-15-11)10-7-13-8-10/h9-10,13H,1-8H2,(H,14,19). The Morgan fingerprint density at radius 2 is 2.25 bits per heavy atom. The third kappa shape index (κ3) is 3.31. The van der Waals surface area contributed by atoms with Gasteiger partial charge in [0.25, 0.3) is 5.91 Å². The van der Waals surface area contributed by atoms with E-state index < -0.39 is 0 Å². The number of thioether (sulfide) groups is 1. The van der Waals surface area contributed by atoms with E-state index in [-0.39, 0.29) is 5.91 Å². The van der Waals surface area contributed by atoms with E-state index in [0.717, 1.165) is 32.7 Å². The van der Waals surface area contributed by atoms with Gasteiger partial charge in [-0.05, 0) is 0 Å². The molecule has 110 valence electrons. The van der Waals surface area contributed by atoms with Gasteiger partial charge >= 0.3 is 0 Å². The molecule has 2 N–H and O–H groups in total. The number of nitrogens with zero attached hydrogens (tertiary/aromatic N) is 4. The molecule has 1 aromatic rings. The summed E-state index contributed by atoms with van der Waals surface area (Å²) in [4.78, 5) is 14.3. The number of carbonyl (C=O) groups is 1. The van der Waals surface area contributed by atoms with Crippen LogP contribution >= 0.6 is 11.8 Å². The minimum absolute atomic E-state index is 0.130. The number of aromatic nitrogens is 3. The summed E-state index contributed by atoms with van der Waals surface area (Å²) in [5, 5.41) is 14.0. The first-order chi connectivity index (χ1) is 9.83. The number of nitrogens with one attached hydrogen (secondary N) is 2. The molecule has 0 aliphatic carbocycles. The third-order valence-corrected chi connectivity index (χ3v) is 4.64. The maximum atomic E-state index is 12.0. The van der Waals surface area contributed by atoms with Crippen molar-refractivity contribution in [2.75, 3.05) is 50.8 Å². The molecule has 3 heterocycles. The van der Waals surface area contributed by atoms with Crippen molar-refractivity contribution in [2.24, 2.45) is 0 Å². The molecular weight excluding hydrogens is 276 g/mol. The van der Waals surface area contributed by atoms with Crippen molar-refractivity contribution in [3.8, 4) is 0 Å². The summed E-state index contributed by atoms with van der Waals surface area (Å²) in [7, 11) is 0. The summed E-state index contributed by atoms with van der Waals surface area (Å²) in [6, 6.07) is 0.342. The van der Waals surface area contributed by atoms with Crippen molar-refractivity contribution in [2.45, 2.75) is 6.04 Å². The number of amides is 1. The predicted molar refractivity (Wildman–Crippen MR) is 78.0 cm³/mol. The van der Waals surface area contributed by atoms with E-state index in [1.165, 1.54) is 11.5 Å². The fraction of sp³-hybridized carbons (Fsp3) is 0.750. The molecule has 2 saturated heterocycles. The molecule has 7 nitrogen and oxygen atoms in total. The Kier molecular flexibility index (Phi) is 4.54. The SMILES string of the molecule is O=C(NCCN1CCSCC1)c1cn(C2CNC2)nn1. The second kappa shape index (κ2) is 6.55. The van der Waals surface area contributed by atoms with Crippen LogP contribution in [-0.2, 0) is 0 Å². The molecule has 1 aromatic heterocycles. The van der Waals surface area contributed by atoms with Crippen molar-refractivity contribution in [1.29, 1.82) is 0 Å². The molecule has 8 heteroatoms. The van der Waals surface area contributed by atoms with Crippen molar-refractivity contribution in [3.05, 3.63) is 11.9 Å². The van der Waals surface area contributed by atoms with E-state index in [2.05, 4.69) is 25.8 Å². The van der Waals surface area contributed by atoms with Gasteiger partial charge in [-0.1, -0.05) is 5.21 Å². The van der Waals surface area contributed by atoms with Crippen LogP contribution in [-0.4, -0.2) is 76.6 Å². The normalized spacial score (nSPS) is 20.6. The Morgan fingerprint density at radius 3 is 2.95 bits per heavy atom. The van der Waals surface area contributed by atoms with Gasteiger partial charge in [0.15, 0.2) is 5.69 Å². The Balaban J connectivity index is 1.42. The average Bonchev–Trinajstić information content (AvgIpc) is 2.87. The molecule has 2 aliphatic rings. The van der Waals surface area contributed by atoms with E-state index in [9.17, 15) is 4.79 Å². The van der Waals surface area contributed by atoms with Crippen molar-refractivity contribution in [3.63, 3.8) is 0 Å². The van der Waals surface area contributed by atoms with Crippen LogP contribution in [0.3, 0.4) is 0 Å². The van der Waals surface area contributed by atoms with Crippen LogP contribution in [0.2, 0.25) is 0 Å². The highest BCUT2D eigenvalue weighted by Gasteiger charge is 2.21. The lowest BCUT2D eigenvalue weighted by molar-refractivity contribution is 0.0944. The van der Waals surface area contributed by atoms with E-state index in [1.54, 1.807) is 10.9 Å². The second-order valence-electron chi connectivity index (χ2n) is 5.11. The van der Waals surface area contributed by atoms with Gasteiger partial charge in [0.05, 0.1) is 12.2 Å². The third-order valence-electron chi connectivity index (χ3n) is 3.69. The molecule has 0 aromatic carbocycles. The molecule has 0 bridgehead atoms. The zero-order valence-electron chi connectivity index (χ0n) is 11.4. The average molecular weight is 296 g/mol. The van der Waals surface area contributed by atoms with E-state index in [4.69, 9.17) is 0 Å². The first-order valence-electron chi connectivity index (χ1n) is 7.04. The Hall–Kier alpha value is -1.12. The van der Waals surface area contributed by atoms with Crippen LogP contribution in [0.15, 0.2) is 6.20 Å². The van der Waals surface area contributed by atoms with Gasteiger partial charge in [-0.3, -0.25) is 9.69 Å². The molecule has 2 fully saturated rings. The van der Waals surface area contributed by atoms with Crippen molar-refractivity contribution < 1.29 is 4.79 Å². The van der Waals surface area contributed by atoms with Gasteiger partial charge in [-0.15, -0.1) is 5.10 Å². The fourth-order valence-electron chi connectivity index (χ4n) is 2.26. The van der Waals surface area contributed by atoms with Crippen molar-refractivity contribution >= 4 is 17.7 Å².